The van der Waals surface area contributed by atoms with E-state index in [9.17, 15) is 13.0 Å². The maximum atomic E-state index is 12.3. The first kappa shape index (κ1) is 24.8. The molecule has 0 radical (unpaired) electrons. The van der Waals surface area contributed by atoms with E-state index in [-0.39, 0.29) is 10.6 Å². The summed E-state index contributed by atoms with van der Waals surface area (Å²) in [4.78, 5) is -0.199. The molecule has 4 aromatic rings. The molecule has 0 aliphatic heterocycles. The van der Waals surface area contributed by atoms with E-state index in [4.69, 9.17) is 4.74 Å². The lowest BCUT2D eigenvalue weighted by atomic mass is 9.77. The van der Waals surface area contributed by atoms with Crippen LogP contribution in [-0.2, 0) is 42.3 Å². The fourth-order valence-electron chi connectivity index (χ4n) is 6.34. The molecule has 194 valence electrons. The quantitative estimate of drug-likeness (QED) is 0.239. The summed E-state index contributed by atoms with van der Waals surface area (Å²) in [6, 6.07) is 22.5. The number of nitrogens with zero attached hydrogens (tertiary/aromatic N) is 1. The van der Waals surface area contributed by atoms with E-state index in [2.05, 4.69) is 60.0 Å². The molecule has 38 heavy (non-hydrogen) atoms. The van der Waals surface area contributed by atoms with Gasteiger partial charge in [-0.1, -0.05) is 55.8 Å². The number of pyridine rings is 1. The molecule has 2 aliphatic rings. The lowest BCUT2D eigenvalue weighted by molar-refractivity contribution is -0.676. The fourth-order valence-corrected chi connectivity index (χ4v) is 7.02. The Balaban J connectivity index is 1.76. The van der Waals surface area contributed by atoms with Crippen LogP contribution in [0.5, 0.6) is 5.75 Å². The zero-order chi connectivity index (χ0) is 26.4. The minimum Gasteiger partial charge on any atom is -0.495 e. The van der Waals surface area contributed by atoms with Crippen LogP contribution in [-0.4, -0.2) is 20.1 Å². The number of methoxy groups -OCH3 is 1. The molecule has 0 saturated heterocycles. The fraction of sp³-hybridized carbons (Fsp3) is 0.281. The van der Waals surface area contributed by atoms with Gasteiger partial charge in [0.1, 0.15) is 17.2 Å². The average Bonchev–Trinajstić information content (AvgIpc) is 2.94. The van der Waals surface area contributed by atoms with Gasteiger partial charge < -0.3 is 4.74 Å². The van der Waals surface area contributed by atoms with E-state index >= 15 is 0 Å². The van der Waals surface area contributed by atoms with Gasteiger partial charge >= 0.3 is 0 Å². The molecule has 2 aliphatic carbocycles. The monoisotopic (exact) mass is 526 g/mol. The van der Waals surface area contributed by atoms with Crippen LogP contribution in [0.4, 0.5) is 0 Å². The summed E-state index contributed by atoms with van der Waals surface area (Å²) in [5.41, 5.74) is 12.0. The summed E-state index contributed by atoms with van der Waals surface area (Å²) in [6.45, 7) is 3.15. The number of aryl methyl sites for hydroxylation is 2. The normalized spacial score (nSPS) is 13.8. The Morgan fingerprint density at radius 2 is 1.42 bits per heavy atom. The predicted molar refractivity (Wildman–Crippen MR) is 149 cm³/mol. The Labute approximate surface area is 224 Å². The SMILES string of the molecule is CCCC[n+]1c2c(c(-c3ccc(OC)c(S(=O)(=O)O)c3)c3c1-c1ccccc1CC3)CCc1ccccc1-2. The Morgan fingerprint density at radius 1 is 0.842 bits per heavy atom. The minimum absolute atomic E-state index is 0.142. The molecule has 0 fully saturated rings. The van der Waals surface area contributed by atoms with E-state index in [0.717, 1.165) is 56.2 Å². The molecular formula is C32H32NO4S+. The standard InChI is InChI=1S/C32H31NO4S/c1-3-4-19-33-31-24-11-7-5-9-21(24)13-16-26(31)30(23-15-18-28(37-2)29(20-23)38(34,35)36)27-17-14-22-10-6-8-12-25(22)32(27)33/h5-12,15,18,20H,3-4,13-14,16-17,19H2,1-2H3/p+1. The van der Waals surface area contributed by atoms with Gasteiger partial charge in [0.15, 0.2) is 0 Å². The maximum absolute atomic E-state index is 12.3. The van der Waals surface area contributed by atoms with Gasteiger partial charge in [0.25, 0.3) is 10.1 Å². The molecule has 5 nitrogen and oxygen atoms in total. The van der Waals surface area contributed by atoms with Crippen molar-refractivity contribution in [2.75, 3.05) is 7.11 Å². The first-order chi connectivity index (χ1) is 18.4. The predicted octanol–water partition coefficient (Wildman–Crippen LogP) is 6.23. The molecule has 0 atom stereocenters. The second-order valence-corrected chi connectivity index (χ2v) is 11.6. The van der Waals surface area contributed by atoms with Crippen LogP contribution in [0.2, 0.25) is 0 Å². The van der Waals surface area contributed by atoms with Crippen molar-refractivity contribution in [1.29, 1.82) is 0 Å². The van der Waals surface area contributed by atoms with Gasteiger partial charge in [0.05, 0.1) is 7.11 Å². The van der Waals surface area contributed by atoms with Crippen LogP contribution in [0, 0.1) is 0 Å². The third-order valence-electron chi connectivity index (χ3n) is 8.01. The van der Waals surface area contributed by atoms with Gasteiger partial charge in [0.2, 0.25) is 11.4 Å². The number of hydrogen-bond acceptors (Lipinski definition) is 3. The lowest BCUT2D eigenvalue weighted by Crippen LogP contribution is -2.43. The highest BCUT2D eigenvalue weighted by Crippen LogP contribution is 2.45. The van der Waals surface area contributed by atoms with Crippen LogP contribution in [0.1, 0.15) is 42.0 Å². The van der Waals surface area contributed by atoms with Gasteiger partial charge in [-0.15, -0.1) is 0 Å². The molecule has 3 aromatic carbocycles. The molecular weight excluding hydrogens is 494 g/mol. The van der Waals surface area contributed by atoms with Crippen LogP contribution in [0.3, 0.4) is 0 Å². The molecule has 1 aromatic heterocycles. The van der Waals surface area contributed by atoms with Crippen molar-refractivity contribution in [3.8, 4) is 39.4 Å². The van der Waals surface area contributed by atoms with E-state index in [0.29, 0.717) is 0 Å². The van der Waals surface area contributed by atoms with Gasteiger partial charge in [0, 0.05) is 34.2 Å². The van der Waals surface area contributed by atoms with Crippen molar-refractivity contribution in [3.05, 3.63) is 89.0 Å². The number of ether oxygens (including phenoxy) is 1. The van der Waals surface area contributed by atoms with Crippen molar-refractivity contribution >= 4 is 10.1 Å². The zero-order valence-electron chi connectivity index (χ0n) is 21.8. The molecule has 0 unspecified atom stereocenters. The number of rotatable bonds is 6. The Bertz CT molecular complexity index is 1600. The number of fused-ring (bicyclic) bond motifs is 6. The van der Waals surface area contributed by atoms with Gasteiger partial charge in [-0.25, -0.2) is 0 Å². The molecule has 1 N–H and O–H groups in total. The van der Waals surface area contributed by atoms with Crippen LogP contribution < -0.4 is 9.30 Å². The average molecular weight is 527 g/mol. The van der Waals surface area contributed by atoms with Gasteiger partial charge in [-0.05, 0) is 66.6 Å². The molecule has 6 heteroatoms. The van der Waals surface area contributed by atoms with Crippen LogP contribution in [0.15, 0.2) is 71.6 Å². The van der Waals surface area contributed by atoms with Crippen molar-refractivity contribution in [2.45, 2.75) is 56.9 Å². The summed E-state index contributed by atoms with van der Waals surface area (Å²) in [5.74, 6) is 0.142. The molecule has 6 rings (SSSR count). The highest BCUT2D eigenvalue weighted by atomic mass is 32.2. The largest absolute Gasteiger partial charge is 0.495 e. The number of hydrogen-bond donors (Lipinski definition) is 1. The highest BCUT2D eigenvalue weighted by molar-refractivity contribution is 7.86. The van der Waals surface area contributed by atoms with E-state index in [1.165, 1.54) is 51.9 Å². The second-order valence-electron chi connectivity index (χ2n) is 10.2. The molecule has 0 amide bonds. The summed E-state index contributed by atoms with van der Waals surface area (Å²) >= 11 is 0. The van der Waals surface area contributed by atoms with Crippen molar-refractivity contribution in [1.82, 2.24) is 0 Å². The summed E-state index contributed by atoms with van der Waals surface area (Å²) in [6.07, 6.45) is 5.77. The molecule has 0 spiro atoms. The van der Waals surface area contributed by atoms with E-state index in [1.807, 2.05) is 6.07 Å². The summed E-state index contributed by atoms with van der Waals surface area (Å²) < 4.78 is 42.6. The minimum atomic E-state index is -4.47. The number of benzene rings is 3. The van der Waals surface area contributed by atoms with E-state index in [1.54, 1.807) is 12.1 Å². The zero-order valence-corrected chi connectivity index (χ0v) is 22.6. The summed E-state index contributed by atoms with van der Waals surface area (Å²) in [7, 11) is -3.05. The Kier molecular flexibility index (Phi) is 6.33. The maximum Gasteiger partial charge on any atom is 0.298 e. The highest BCUT2D eigenvalue weighted by Gasteiger charge is 2.37. The van der Waals surface area contributed by atoms with Gasteiger partial charge in [-0.3, -0.25) is 4.55 Å². The summed E-state index contributed by atoms with van der Waals surface area (Å²) in [5, 5.41) is 0. The number of aromatic nitrogens is 1. The Morgan fingerprint density at radius 3 is 1.95 bits per heavy atom. The van der Waals surface area contributed by atoms with Crippen molar-refractivity contribution < 1.29 is 22.3 Å². The molecule has 0 saturated carbocycles. The smallest absolute Gasteiger partial charge is 0.298 e. The third-order valence-corrected chi connectivity index (χ3v) is 8.89. The van der Waals surface area contributed by atoms with E-state index < -0.39 is 10.1 Å². The van der Waals surface area contributed by atoms with Crippen LogP contribution in [0.25, 0.3) is 33.6 Å². The molecule has 0 bridgehead atoms. The van der Waals surface area contributed by atoms with Gasteiger partial charge in [-0.2, -0.15) is 13.0 Å². The number of unbranched alkanes of at least 4 members (excludes halogenated alkanes) is 1. The topological polar surface area (TPSA) is 67.5 Å². The first-order valence-corrected chi connectivity index (χ1v) is 14.8. The lowest BCUT2D eigenvalue weighted by Gasteiger charge is -2.28. The second kappa shape index (κ2) is 9.68. The van der Waals surface area contributed by atoms with Crippen molar-refractivity contribution in [3.63, 3.8) is 0 Å². The third kappa shape index (κ3) is 4.03. The first-order valence-electron chi connectivity index (χ1n) is 13.4. The molecule has 1 heterocycles. The Hall–Kier alpha value is -3.48. The van der Waals surface area contributed by atoms with Crippen LogP contribution >= 0.6 is 0 Å². The van der Waals surface area contributed by atoms with Crippen molar-refractivity contribution in [2.24, 2.45) is 0 Å².